The van der Waals surface area contributed by atoms with Crippen molar-refractivity contribution in [1.82, 2.24) is 15.6 Å². The molecule has 0 spiro atoms. The minimum atomic E-state index is -0.296. The SMILES string of the molecule is COc1ccc(CCCc2nnc(SCC(=O)NN=Cc3ccc(OCc4ccc(Cl)cc4)c(OC)c3)o2)cc1C. The molecule has 1 aromatic heterocycles. The Bertz CT molecular complexity index is 1480. The molecule has 0 saturated carbocycles. The van der Waals surface area contributed by atoms with Gasteiger partial charge < -0.3 is 18.6 Å². The summed E-state index contributed by atoms with van der Waals surface area (Å²) in [4.78, 5) is 12.2. The van der Waals surface area contributed by atoms with Crippen LogP contribution in [-0.4, -0.2) is 42.3 Å². The summed E-state index contributed by atoms with van der Waals surface area (Å²) in [5, 5.41) is 13.2. The van der Waals surface area contributed by atoms with E-state index in [4.69, 9.17) is 30.2 Å². The van der Waals surface area contributed by atoms with Crippen LogP contribution >= 0.6 is 23.4 Å². The number of carbonyl (C=O) groups excluding carboxylic acids is 1. The van der Waals surface area contributed by atoms with Crippen LogP contribution < -0.4 is 19.6 Å². The predicted molar refractivity (Wildman–Crippen MR) is 159 cm³/mol. The van der Waals surface area contributed by atoms with E-state index in [1.807, 2.05) is 43.3 Å². The van der Waals surface area contributed by atoms with E-state index < -0.39 is 0 Å². The number of hydrazone groups is 1. The van der Waals surface area contributed by atoms with Crippen molar-refractivity contribution < 1.29 is 23.4 Å². The fourth-order valence-corrected chi connectivity index (χ4v) is 4.60. The number of carbonyl (C=O) groups is 1. The topological polar surface area (TPSA) is 108 Å². The Kier molecular flexibility index (Phi) is 11.0. The second-order valence-electron chi connectivity index (χ2n) is 9.03. The fourth-order valence-electron chi connectivity index (χ4n) is 3.90. The van der Waals surface area contributed by atoms with Crippen LogP contribution in [0.1, 0.15) is 34.6 Å². The molecular formula is C30H31ClN4O5S. The molecule has 1 heterocycles. The molecule has 1 N–H and O–H groups in total. The van der Waals surface area contributed by atoms with Crippen LogP contribution in [0, 0.1) is 6.92 Å². The summed E-state index contributed by atoms with van der Waals surface area (Å²) >= 11 is 7.09. The molecule has 0 unspecified atom stereocenters. The quantitative estimate of drug-likeness (QED) is 0.107. The van der Waals surface area contributed by atoms with Crippen LogP contribution in [0.25, 0.3) is 0 Å². The number of halogens is 1. The largest absolute Gasteiger partial charge is 0.496 e. The first-order valence-electron chi connectivity index (χ1n) is 12.9. The Hall–Kier alpha value is -4.02. The summed E-state index contributed by atoms with van der Waals surface area (Å²) in [5.41, 5.74) is 6.56. The maximum atomic E-state index is 12.2. The zero-order chi connectivity index (χ0) is 29.0. The van der Waals surface area contributed by atoms with E-state index in [1.165, 1.54) is 11.8 Å². The normalized spacial score (nSPS) is 11.0. The number of aryl methyl sites for hydroxylation is 3. The zero-order valence-corrected chi connectivity index (χ0v) is 24.6. The van der Waals surface area contributed by atoms with Crippen molar-refractivity contribution in [2.75, 3.05) is 20.0 Å². The summed E-state index contributed by atoms with van der Waals surface area (Å²) in [6, 6.07) is 19.0. The molecule has 3 aromatic carbocycles. The van der Waals surface area contributed by atoms with E-state index in [2.05, 4.69) is 32.9 Å². The fraction of sp³-hybridized carbons (Fsp3) is 0.267. The van der Waals surface area contributed by atoms with Gasteiger partial charge in [0.25, 0.3) is 11.1 Å². The van der Waals surface area contributed by atoms with Gasteiger partial charge in [-0.25, -0.2) is 5.43 Å². The molecule has 214 valence electrons. The number of hydrogen-bond acceptors (Lipinski definition) is 9. The Balaban J connectivity index is 1.18. The van der Waals surface area contributed by atoms with Crippen molar-refractivity contribution in [3.8, 4) is 17.2 Å². The monoisotopic (exact) mass is 594 g/mol. The molecule has 0 fully saturated rings. The molecule has 0 aliphatic heterocycles. The van der Waals surface area contributed by atoms with Crippen molar-refractivity contribution in [2.24, 2.45) is 5.10 Å². The third-order valence-corrected chi connectivity index (χ3v) is 7.06. The first-order valence-corrected chi connectivity index (χ1v) is 14.3. The van der Waals surface area contributed by atoms with Crippen LogP contribution in [0.15, 0.2) is 75.4 Å². The van der Waals surface area contributed by atoms with Gasteiger partial charge in [0.05, 0.1) is 26.2 Å². The molecule has 0 bridgehead atoms. The van der Waals surface area contributed by atoms with E-state index in [0.29, 0.717) is 40.7 Å². The van der Waals surface area contributed by atoms with Gasteiger partial charge in [0.1, 0.15) is 12.4 Å². The molecule has 0 saturated heterocycles. The minimum absolute atomic E-state index is 0.0882. The predicted octanol–water partition coefficient (Wildman–Crippen LogP) is 6.05. The molecule has 4 rings (SSSR count). The number of benzene rings is 3. The van der Waals surface area contributed by atoms with Crippen LogP contribution in [-0.2, 0) is 24.2 Å². The number of nitrogens with one attached hydrogen (secondary N) is 1. The lowest BCUT2D eigenvalue weighted by Gasteiger charge is -2.11. The van der Waals surface area contributed by atoms with E-state index >= 15 is 0 Å². The molecule has 0 aliphatic carbocycles. The Morgan fingerprint density at radius 1 is 0.976 bits per heavy atom. The van der Waals surface area contributed by atoms with Crippen molar-refractivity contribution in [1.29, 1.82) is 0 Å². The summed E-state index contributed by atoms with van der Waals surface area (Å²) in [6.45, 7) is 2.40. The number of rotatable bonds is 14. The smallest absolute Gasteiger partial charge is 0.277 e. The van der Waals surface area contributed by atoms with Gasteiger partial charge in [-0.05, 0) is 78.4 Å². The molecule has 41 heavy (non-hydrogen) atoms. The van der Waals surface area contributed by atoms with E-state index in [-0.39, 0.29) is 11.7 Å². The van der Waals surface area contributed by atoms with Gasteiger partial charge in [-0.3, -0.25) is 4.79 Å². The highest BCUT2D eigenvalue weighted by atomic mass is 35.5. The van der Waals surface area contributed by atoms with Crippen LogP contribution in [0.3, 0.4) is 0 Å². The summed E-state index contributed by atoms with van der Waals surface area (Å²) < 4.78 is 22.3. The average molecular weight is 595 g/mol. The molecule has 0 aliphatic rings. The molecule has 0 atom stereocenters. The van der Waals surface area contributed by atoms with Gasteiger partial charge in [0, 0.05) is 11.4 Å². The molecule has 9 nitrogen and oxygen atoms in total. The molecule has 1 amide bonds. The number of hydrogen-bond donors (Lipinski definition) is 1. The summed E-state index contributed by atoms with van der Waals surface area (Å²) in [5.74, 6) is 2.37. The summed E-state index contributed by atoms with van der Waals surface area (Å²) in [6.07, 6.45) is 3.95. The van der Waals surface area contributed by atoms with Gasteiger partial charge in [0.2, 0.25) is 5.89 Å². The maximum Gasteiger partial charge on any atom is 0.277 e. The Labute approximate surface area is 248 Å². The number of aromatic nitrogens is 2. The molecule has 11 heteroatoms. The maximum absolute atomic E-state index is 12.2. The van der Waals surface area contributed by atoms with Gasteiger partial charge in [-0.1, -0.05) is 47.6 Å². The van der Waals surface area contributed by atoms with Crippen molar-refractivity contribution >= 4 is 35.5 Å². The average Bonchev–Trinajstić information content (AvgIpc) is 3.44. The van der Waals surface area contributed by atoms with Gasteiger partial charge >= 0.3 is 0 Å². The van der Waals surface area contributed by atoms with Gasteiger partial charge in [-0.15, -0.1) is 10.2 Å². The number of methoxy groups -OCH3 is 2. The van der Waals surface area contributed by atoms with Crippen molar-refractivity contribution in [2.45, 2.75) is 38.0 Å². The Morgan fingerprint density at radius 3 is 2.49 bits per heavy atom. The number of nitrogens with zero attached hydrogens (tertiary/aromatic N) is 3. The van der Waals surface area contributed by atoms with Gasteiger partial charge in [-0.2, -0.15) is 5.10 Å². The molecule has 4 aromatic rings. The first kappa shape index (κ1) is 30.0. The molecule has 0 radical (unpaired) electrons. The van der Waals surface area contributed by atoms with Crippen LogP contribution in [0.4, 0.5) is 0 Å². The highest BCUT2D eigenvalue weighted by molar-refractivity contribution is 7.99. The van der Waals surface area contributed by atoms with Crippen molar-refractivity contribution in [3.05, 3.63) is 93.8 Å². The highest BCUT2D eigenvalue weighted by Crippen LogP contribution is 2.28. The number of ether oxygens (including phenoxy) is 3. The molecular weight excluding hydrogens is 564 g/mol. The lowest BCUT2D eigenvalue weighted by Crippen LogP contribution is -2.19. The Morgan fingerprint density at radius 2 is 1.73 bits per heavy atom. The highest BCUT2D eigenvalue weighted by Gasteiger charge is 2.10. The summed E-state index contributed by atoms with van der Waals surface area (Å²) in [7, 11) is 3.23. The second kappa shape index (κ2) is 15.1. The van der Waals surface area contributed by atoms with Crippen molar-refractivity contribution in [3.63, 3.8) is 0 Å². The lowest BCUT2D eigenvalue weighted by atomic mass is 10.1. The number of thioether (sulfide) groups is 1. The standard InChI is InChI=1S/C30H31ClN4O5S/c1-20-15-21(9-13-25(20)37-2)5-4-6-29-34-35-30(40-29)41-19-28(36)33-32-17-23-10-14-26(27(16-23)38-3)39-18-22-7-11-24(31)12-8-22/h7-17H,4-6,18-19H2,1-3H3,(H,33,36). The lowest BCUT2D eigenvalue weighted by molar-refractivity contribution is -0.118. The van der Waals surface area contributed by atoms with Crippen LogP contribution in [0.5, 0.6) is 17.2 Å². The van der Waals surface area contributed by atoms with Gasteiger partial charge in [0.15, 0.2) is 11.5 Å². The third-order valence-electron chi connectivity index (χ3n) is 5.99. The minimum Gasteiger partial charge on any atom is -0.496 e. The zero-order valence-electron chi connectivity index (χ0n) is 23.1. The van der Waals surface area contributed by atoms with E-state index in [1.54, 1.807) is 26.4 Å². The first-order chi connectivity index (χ1) is 19.9. The van der Waals surface area contributed by atoms with E-state index in [9.17, 15) is 4.79 Å². The third kappa shape index (κ3) is 9.26. The van der Waals surface area contributed by atoms with Crippen LogP contribution in [0.2, 0.25) is 5.02 Å². The number of amides is 1. The van der Waals surface area contributed by atoms with E-state index in [0.717, 1.165) is 47.0 Å². The second-order valence-corrected chi connectivity index (χ2v) is 10.4.